The van der Waals surface area contributed by atoms with Gasteiger partial charge in [-0.2, -0.15) is 5.26 Å². The van der Waals surface area contributed by atoms with Crippen molar-refractivity contribution < 1.29 is 23.4 Å². The molecule has 1 amide bonds. The largest absolute Gasteiger partial charge is 0.494 e. The monoisotopic (exact) mass is 446 g/mol. The molecule has 3 aromatic carbocycles. The molecule has 33 heavy (non-hydrogen) atoms. The first-order valence-electron chi connectivity index (χ1n) is 10.2. The SMILES string of the molecule is CCOc1cccc(NC(=O)/C(C#N)=C\c2ccc(OCc3cccc(F)c3)c(OC)c2)c1. The van der Waals surface area contributed by atoms with Crippen molar-refractivity contribution in [2.45, 2.75) is 13.5 Å². The third kappa shape index (κ3) is 6.58. The van der Waals surface area contributed by atoms with Gasteiger partial charge in [0.2, 0.25) is 0 Å². The van der Waals surface area contributed by atoms with Crippen LogP contribution in [0.15, 0.2) is 72.3 Å². The molecule has 168 valence electrons. The quantitative estimate of drug-likeness (QED) is 0.354. The molecule has 1 N–H and O–H groups in total. The molecule has 0 aliphatic rings. The number of carbonyl (C=O) groups is 1. The van der Waals surface area contributed by atoms with Crippen molar-refractivity contribution >= 4 is 17.7 Å². The molecule has 0 radical (unpaired) electrons. The fourth-order valence-electron chi connectivity index (χ4n) is 3.03. The number of amides is 1. The number of rotatable bonds is 9. The third-order valence-electron chi connectivity index (χ3n) is 4.55. The summed E-state index contributed by atoms with van der Waals surface area (Å²) in [7, 11) is 1.49. The first kappa shape index (κ1) is 23.4. The maximum atomic E-state index is 13.4. The highest BCUT2D eigenvalue weighted by Crippen LogP contribution is 2.30. The zero-order chi connectivity index (χ0) is 23.6. The molecule has 0 aliphatic heterocycles. The zero-order valence-corrected chi connectivity index (χ0v) is 18.3. The molecule has 0 saturated heterocycles. The summed E-state index contributed by atoms with van der Waals surface area (Å²) >= 11 is 0. The van der Waals surface area contributed by atoms with E-state index in [9.17, 15) is 14.4 Å². The maximum Gasteiger partial charge on any atom is 0.266 e. The lowest BCUT2D eigenvalue weighted by Crippen LogP contribution is -2.13. The van der Waals surface area contributed by atoms with Crippen LogP contribution in [-0.4, -0.2) is 19.6 Å². The molecule has 0 aliphatic carbocycles. The molecule has 0 aromatic heterocycles. The van der Waals surface area contributed by atoms with Crippen LogP contribution in [0.5, 0.6) is 17.2 Å². The fourth-order valence-corrected chi connectivity index (χ4v) is 3.03. The van der Waals surface area contributed by atoms with Gasteiger partial charge in [0, 0.05) is 11.8 Å². The van der Waals surface area contributed by atoms with E-state index in [0.29, 0.717) is 40.7 Å². The molecule has 0 atom stereocenters. The Labute approximate surface area is 191 Å². The van der Waals surface area contributed by atoms with Crippen LogP contribution in [0.1, 0.15) is 18.1 Å². The smallest absolute Gasteiger partial charge is 0.266 e. The minimum atomic E-state index is -0.545. The lowest BCUT2D eigenvalue weighted by atomic mass is 10.1. The highest BCUT2D eigenvalue weighted by Gasteiger charge is 2.12. The minimum absolute atomic E-state index is 0.0766. The van der Waals surface area contributed by atoms with E-state index >= 15 is 0 Å². The number of nitriles is 1. The van der Waals surface area contributed by atoms with E-state index in [1.165, 1.54) is 25.3 Å². The molecule has 0 saturated carbocycles. The molecule has 0 spiro atoms. The molecule has 7 heteroatoms. The summed E-state index contributed by atoms with van der Waals surface area (Å²) in [6.45, 7) is 2.54. The number of hydrogen-bond donors (Lipinski definition) is 1. The number of anilines is 1. The van der Waals surface area contributed by atoms with Crippen molar-refractivity contribution in [2.24, 2.45) is 0 Å². The second-order valence-corrected chi connectivity index (χ2v) is 6.91. The van der Waals surface area contributed by atoms with Crippen LogP contribution in [0.3, 0.4) is 0 Å². The summed E-state index contributed by atoms with van der Waals surface area (Å²) in [6.07, 6.45) is 1.46. The van der Waals surface area contributed by atoms with Crippen LogP contribution in [-0.2, 0) is 11.4 Å². The number of benzene rings is 3. The van der Waals surface area contributed by atoms with Crippen LogP contribution >= 0.6 is 0 Å². The zero-order valence-electron chi connectivity index (χ0n) is 18.3. The number of nitrogens with zero attached hydrogens (tertiary/aromatic N) is 1. The Kier molecular flexibility index (Phi) is 8.03. The van der Waals surface area contributed by atoms with Gasteiger partial charge in [0.25, 0.3) is 5.91 Å². The summed E-state index contributed by atoms with van der Waals surface area (Å²) in [5.74, 6) is 0.611. The Morgan fingerprint density at radius 1 is 1.06 bits per heavy atom. The van der Waals surface area contributed by atoms with Crippen molar-refractivity contribution in [2.75, 3.05) is 19.0 Å². The van der Waals surface area contributed by atoms with Crippen LogP contribution in [0.4, 0.5) is 10.1 Å². The van der Waals surface area contributed by atoms with Gasteiger partial charge in [-0.15, -0.1) is 0 Å². The second kappa shape index (κ2) is 11.3. The lowest BCUT2D eigenvalue weighted by Gasteiger charge is -2.12. The maximum absolute atomic E-state index is 13.4. The lowest BCUT2D eigenvalue weighted by molar-refractivity contribution is -0.112. The van der Waals surface area contributed by atoms with Gasteiger partial charge in [-0.3, -0.25) is 4.79 Å². The molecule has 0 unspecified atom stereocenters. The number of halogens is 1. The Morgan fingerprint density at radius 3 is 2.61 bits per heavy atom. The van der Waals surface area contributed by atoms with E-state index in [2.05, 4.69) is 5.32 Å². The number of ether oxygens (including phenoxy) is 3. The average Bonchev–Trinajstić information content (AvgIpc) is 2.82. The van der Waals surface area contributed by atoms with Crippen LogP contribution < -0.4 is 19.5 Å². The van der Waals surface area contributed by atoms with Crippen LogP contribution in [0, 0.1) is 17.1 Å². The minimum Gasteiger partial charge on any atom is -0.494 e. The van der Waals surface area contributed by atoms with Crippen molar-refractivity contribution in [3.63, 3.8) is 0 Å². The Bertz CT molecular complexity index is 1200. The molecule has 0 fully saturated rings. The average molecular weight is 446 g/mol. The van der Waals surface area contributed by atoms with Crippen LogP contribution in [0.2, 0.25) is 0 Å². The Balaban J connectivity index is 1.74. The van der Waals surface area contributed by atoms with E-state index in [4.69, 9.17) is 14.2 Å². The number of nitrogens with one attached hydrogen (secondary N) is 1. The standard InChI is InChI=1S/C26H23FN2O4/c1-3-32-23-9-5-8-22(15-23)29-26(30)20(16-28)12-18-10-11-24(25(14-18)31-2)33-17-19-6-4-7-21(27)13-19/h4-15H,3,17H2,1-2H3,(H,29,30)/b20-12-. The van der Waals surface area contributed by atoms with Gasteiger partial charge in [0.15, 0.2) is 11.5 Å². The first-order valence-corrected chi connectivity index (χ1v) is 10.2. The van der Waals surface area contributed by atoms with Crippen molar-refractivity contribution in [1.82, 2.24) is 0 Å². The summed E-state index contributed by atoms with van der Waals surface area (Å²) in [6, 6.07) is 20.0. The molecule has 3 aromatic rings. The van der Waals surface area contributed by atoms with E-state index in [-0.39, 0.29) is 18.0 Å². The van der Waals surface area contributed by atoms with E-state index in [1.54, 1.807) is 54.6 Å². The van der Waals surface area contributed by atoms with Crippen molar-refractivity contribution in [3.05, 3.63) is 89.2 Å². The summed E-state index contributed by atoms with van der Waals surface area (Å²) < 4.78 is 29.9. The molecule has 3 rings (SSSR count). The van der Waals surface area contributed by atoms with Gasteiger partial charge < -0.3 is 19.5 Å². The van der Waals surface area contributed by atoms with E-state index in [1.807, 2.05) is 13.0 Å². The third-order valence-corrected chi connectivity index (χ3v) is 4.55. The van der Waals surface area contributed by atoms with Gasteiger partial charge in [-0.05, 0) is 60.5 Å². The topological polar surface area (TPSA) is 80.6 Å². The normalized spacial score (nSPS) is 10.8. The molecule has 0 heterocycles. The Hall–Kier alpha value is -4.31. The molecular weight excluding hydrogens is 423 g/mol. The predicted octanol–water partition coefficient (Wildman–Crippen LogP) is 5.36. The highest BCUT2D eigenvalue weighted by molar-refractivity contribution is 6.09. The van der Waals surface area contributed by atoms with E-state index < -0.39 is 5.91 Å². The second-order valence-electron chi connectivity index (χ2n) is 6.91. The molecular formula is C26H23FN2O4. The van der Waals surface area contributed by atoms with Gasteiger partial charge in [-0.25, -0.2) is 4.39 Å². The summed E-state index contributed by atoms with van der Waals surface area (Å²) in [5.41, 5.74) is 1.70. The van der Waals surface area contributed by atoms with Crippen LogP contribution in [0.25, 0.3) is 6.08 Å². The van der Waals surface area contributed by atoms with Gasteiger partial charge in [0.05, 0.1) is 13.7 Å². The molecule has 6 nitrogen and oxygen atoms in total. The summed E-state index contributed by atoms with van der Waals surface area (Å²) in [4.78, 5) is 12.6. The van der Waals surface area contributed by atoms with Gasteiger partial charge >= 0.3 is 0 Å². The number of methoxy groups -OCH3 is 1. The number of carbonyl (C=O) groups excluding carboxylic acids is 1. The van der Waals surface area contributed by atoms with Gasteiger partial charge in [0.1, 0.15) is 29.8 Å². The fraction of sp³-hybridized carbons (Fsp3) is 0.154. The highest BCUT2D eigenvalue weighted by atomic mass is 19.1. The van der Waals surface area contributed by atoms with E-state index in [0.717, 1.165) is 0 Å². The Morgan fingerprint density at radius 2 is 1.88 bits per heavy atom. The molecule has 0 bridgehead atoms. The predicted molar refractivity (Wildman–Crippen MR) is 124 cm³/mol. The first-order chi connectivity index (χ1) is 16.0. The van der Waals surface area contributed by atoms with Crippen molar-refractivity contribution in [3.8, 4) is 23.3 Å². The van der Waals surface area contributed by atoms with Crippen molar-refractivity contribution in [1.29, 1.82) is 5.26 Å². The number of hydrogen-bond acceptors (Lipinski definition) is 5. The summed E-state index contributed by atoms with van der Waals surface area (Å²) in [5, 5.41) is 12.2. The van der Waals surface area contributed by atoms with Gasteiger partial charge in [-0.1, -0.05) is 24.3 Å².